The average Bonchev–Trinajstić information content (AvgIpc) is 2.34. The molecule has 0 aliphatic heterocycles. The Bertz CT molecular complexity index is 438. The summed E-state index contributed by atoms with van der Waals surface area (Å²) in [6, 6.07) is 0. The maximum absolute atomic E-state index is 12.1. The largest absolute Gasteiger partial charge is 0.357 e. The Hall–Kier alpha value is -0.430. The van der Waals surface area contributed by atoms with Gasteiger partial charge in [-0.3, -0.25) is 4.99 Å². The van der Waals surface area contributed by atoms with E-state index in [1.165, 1.54) is 0 Å². The molecule has 0 aromatic rings. The molecule has 0 amide bonds. The Morgan fingerprint density at radius 3 is 2.14 bits per heavy atom. The van der Waals surface area contributed by atoms with E-state index in [1.807, 2.05) is 6.92 Å². The van der Waals surface area contributed by atoms with E-state index in [2.05, 4.69) is 35.7 Å². The lowest BCUT2D eigenvalue weighted by Crippen LogP contribution is -2.42. The SMILES string of the molecule is CCNC(=NCC(C)(C)SC)NCCS(=O)(=O)C(C)(C)C. The molecule has 0 aromatic carbocycles. The van der Waals surface area contributed by atoms with Crippen molar-refractivity contribution in [3.05, 3.63) is 0 Å². The van der Waals surface area contributed by atoms with E-state index in [4.69, 9.17) is 0 Å². The molecule has 0 atom stereocenters. The molecule has 0 fully saturated rings. The van der Waals surface area contributed by atoms with Gasteiger partial charge in [0.25, 0.3) is 0 Å². The Kier molecular flexibility index (Phi) is 8.10. The van der Waals surface area contributed by atoms with Crippen LogP contribution in [0.1, 0.15) is 41.5 Å². The second kappa shape index (κ2) is 8.27. The van der Waals surface area contributed by atoms with E-state index >= 15 is 0 Å². The zero-order valence-electron chi connectivity index (χ0n) is 14.4. The van der Waals surface area contributed by atoms with Crippen LogP contribution >= 0.6 is 11.8 Å². The van der Waals surface area contributed by atoms with Crippen LogP contribution in [0.25, 0.3) is 0 Å². The summed E-state index contributed by atoms with van der Waals surface area (Å²) in [6.45, 7) is 13.2. The van der Waals surface area contributed by atoms with Crippen LogP contribution in [0.4, 0.5) is 0 Å². The van der Waals surface area contributed by atoms with E-state index in [-0.39, 0.29) is 10.5 Å². The Morgan fingerprint density at radius 1 is 1.14 bits per heavy atom. The summed E-state index contributed by atoms with van der Waals surface area (Å²) in [4.78, 5) is 4.52. The number of nitrogens with zero attached hydrogens (tertiary/aromatic N) is 1. The van der Waals surface area contributed by atoms with Gasteiger partial charge in [-0.25, -0.2) is 8.42 Å². The summed E-state index contributed by atoms with van der Waals surface area (Å²) < 4.78 is 23.5. The highest BCUT2D eigenvalue weighted by Crippen LogP contribution is 2.21. The van der Waals surface area contributed by atoms with Crippen molar-refractivity contribution in [2.24, 2.45) is 4.99 Å². The molecule has 2 N–H and O–H groups in total. The van der Waals surface area contributed by atoms with Gasteiger partial charge in [-0.2, -0.15) is 11.8 Å². The minimum atomic E-state index is -3.11. The van der Waals surface area contributed by atoms with Crippen LogP contribution in [0.3, 0.4) is 0 Å². The third-order valence-corrected chi connectivity index (χ3v) is 6.95. The van der Waals surface area contributed by atoms with Gasteiger partial charge in [-0.1, -0.05) is 0 Å². The van der Waals surface area contributed by atoms with Crippen molar-refractivity contribution in [1.29, 1.82) is 0 Å². The molecule has 0 saturated heterocycles. The van der Waals surface area contributed by atoms with E-state index in [0.717, 1.165) is 6.54 Å². The summed E-state index contributed by atoms with van der Waals surface area (Å²) in [5, 5.41) is 6.24. The Morgan fingerprint density at radius 2 is 1.71 bits per heavy atom. The van der Waals surface area contributed by atoms with Gasteiger partial charge in [0.15, 0.2) is 15.8 Å². The zero-order valence-corrected chi connectivity index (χ0v) is 16.0. The first-order chi connectivity index (χ1) is 9.45. The molecular weight excluding hydrogens is 306 g/mol. The van der Waals surface area contributed by atoms with Gasteiger partial charge < -0.3 is 10.6 Å². The molecule has 0 saturated carbocycles. The van der Waals surface area contributed by atoms with Crippen molar-refractivity contribution in [3.63, 3.8) is 0 Å². The van der Waals surface area contributed by atoms with Gasteiger partial charge >= 0.3 is 0 Å². The number of nitrogens with one attached hydrogen (secondary N) is 2. The maximum Gasteiger partial charge on any atom is 0.191 e. The van der Waals surface area contributed by atoms with Crippen molar-refractivity contribution < 1.29 is 8.42 Å². The van der Waals surface area contributed by atoms with Crippen molar-refractivity contribution in [3.8, 4) is 0 Å². The molecule has 0 aliphatic rings. The van der Waals surface area contributed by atoms with Crippen LogP contribution in [-0.4, -0.2) is 55.5 Å². The van der Waals surface area contributed by atoms with Crippen molar-refractivity contribution in [2.75, 3.05) is 31.6 Å². The Labute approximate surface area is 134 Å². The normalized spacial score (nSPS) is 14.1. The summed E-state index contributed by atoms with van der Waals surface area (Å²) in [7, 11) is -3.11. The second-order valence-electron chi connectivity index (χ2n) is 6.52. The van der Waals surface area contributed by atoms with Crippen LogP contribution in [0.15, 0.2) is 4.99 Å². The first-order valence-corrected chi connectivity index (χ1v) is 10.1. The lowest BCUT2D eigenvalue weighted by atomic mass is 10.2. The molecule has 0 rings (SSSR count). The minimum absolute atomic E-state index is 0.0693. The quantitative estimate of drug-likeness (QED) is 0.548. The van der Waals surface area contributed by atoms with E-state index in [1.54, 1.807) is 32.5 Å². The molecule has 0 aliphatic carbocycles. The number of rotatable bonds is 7. The fourth-order valence-electron chi connectivity index (χ4n) is 1.29. The van der Waals surface area contributed by atoms with Crippen molar-refractivity contribution >= 4 is 27.6 Å². The fourth-order valence-corrected chi connectivity index (χ4v) is 2.46. The van der Waals surface area contributed by atoms with Crippen molar-refractivity contribution in [1.82, 2.24) is 10.6 Å². The molecule has 0 spiro atoms. The number of guanidine groups is 1. The van der Waals surface area contributed by atoms with Crippen LogP contribution in [0.5, 0.6) is 0 Å². The predicted octanol–water partition coefficient (Wildman–Crippen LogP) is 1.90. The lowest BCUT2D eigenvalue weighted by Gasteiger charge is -2.21. The maximum atomic E-state index is 12.1. The molecule has 0 radical (unpaired) electrons. The third-order valence-electron chi connectivity index (χ3n) is 3.11. The van der Waals surface area contributed by atoms with E-state index < -0.39 is 14.6 Å². The van der Waals surface area contributed by atoms with Gasteiger partial charge in [-0.15, -0.1) is 0 Å². The molecule has 7 heteroatoms. The second-order valence-corrected chi connectivity index (χ2v) is 10.9. The monoisotopic (exact) mass is 337 g/mol. The standard InChI is InChI=1S/C14H31N3O2S2/c1-8-15-12(17-11-14(5,6)20-7)16-9-10-21(18,19)13(2,3)4/h8-11H2,1-7H3,(H2,15,16,17). The molecule has 126 valence electrons. The van der Waals surface area contributed by atoms with Crippen LogP contribution < -0.4 is 10.6 Å². The average molecular weight is 338 g/mol. The van der Waals surface area contributed by atoms with Crippen LogP contribution in [0, 0.1) is 0 Å². The molecule has 0 heterocycles. The fraction of sp³-hybridized carbons (Fsp3) is 0.929. The van der Waals surface area contributed by atoms with Gasteiger partial charge in [0.2, 0.25) is 0 Å². The van der Waals surface area contributed by atoms with Gasteiger partial charge in [0, 0.05) is 17.8 Å². The number of aliphatic imine (C=N–C) groups is 1. The van der Waals surface area contributed by atoms with Gasteiger partial charge in [0.05, 0.1) is 17.0 Å². The van der Waals surface area contributed by atoms with Gasteiger partial charge in [0.1, 0.15) is 0 Å². The lowest BCUT2D eigenvalue weighted by molar-refractivity contribution is 0.559. The molecule has 5 nitrogen and oxygen atoms in total. The summed E-state index contributed by atoms with van der Waals surface area (Å²) in [5.41, 5.74) is 0. The highest BCUT2D eigenvalue weighted by molar-refractivity contribution is 7.99. The molecule has 0 unspecified atom stereocenters. The minimum Gasteiger partial charge on any atom is -0.357 e. The molecule has 0 aromatic heterocycles. The highest BCUT2D eigenvalue weighted by atomic mass is 32.2. The van der Waals surface area contributed by atoms with Crippen LogP contribution in [0.2, 0.25) is 0 Å². The Balaban J connectivity index is 4.58. The molecule has 21 heavy (non-hydrogen) atoms. The molecular formula is C14H31N3O2S2. The van der Waals surface area contributed by atoms with E-state index in [0.29, 0.717) is 19.0 Å². The third kappa shape index (κ3) is 7.95. The van der Waals surface area contributed by atoms with Gasteiger partial charge in [-0.05, 0) is 47.8 Å². The predicted molar refractivity (Wildman–Crippen MR) is 95.1 cm³/mol. The topological polar surface area (TPSA) is 70.6 Å². The summed E-state index contributed by atoms with van der Waals surface area (Å²) >= 11 is 1.76. The zero-order chi connectivity index (χ0) is 16.7. The number of thioether (sulfide) groups is 1. The first-order valence-electron chi connectivity index (χ1n) is 7.25. The highest BCUT2D eigenvalue weighted by Gasteiger charge is 2.28. The van der Waals surface area contributed by atoms with Crippen molar-refractivity contribution in [2.45, 2.75) is 51.0 Å². The van der Waals surface area contributed by atoms with Crippen LogP contribution in [-0.2, 0) is 9.84 Å². The number of sulfone groups is 1. The first kappa shape index (κ1) is 20.6. The number of hydrogen-bond donors (Lipinski definition) is 2. The summed E-state index contributed by atoms with van der Waals surface area (Å²) in [6.07, 6.45) is 2.06. The smallest absolute Gasteiger partial charge is 0.191 e. The van der Waals surface area contributed by atoms with E-state index in [9.17, 15) is 8.42 Å². The molecule has 0 bridgehead atoms. The number of hydrogen-bond acceptors (Lipinski definition) is 4. The summed E-state index contributed by atoms with van der Waals surface area (Å²) in [5.74, 6) is 0.774.